The molecule has 112 valence electrons. The molecule has 0 radical (unpaired) electrons. The monoisotopic (exact) mass is 353 g/mol. The highest BCUT2D eigenvalue weighted by molar-refractivity contribution is 9.10. The number of benzene rings is 2. The van der Waals surface area contributed by atoms with Gasteiger partial charge in [0.2, 0.25) is 0 Å². The van der Waals surface area contributed by atoms with Crippen LogP contribution in [-0.2, 0) is 6.42 Å². The maximum atomic E-state index is 13.5. The summed E-state index contributed by atoms with van der Waals surface area (Å²) in [5.74, 6) is -0.524. The lowest BCUT2D eigenvalue weighted by atomic mass is 9.95. The van der Waals surface area contributed by atoms with Crippen LogP contribution in [0.15, 0.2) is 40.9 Å². The molecule has 2 aromatic rings. The first kappa shape index (κ1) is 16.1. The summed E-state index contributed by atoms with van der Waals surface area (Å²) in [6.45, 7) is 4.72. The maximum Gasteiger partial charge on any atom is 0.124 e. The molecule has 0 aliphatic carbocycles. The van der Waals surface area contributed by atoms with Crippen molar-refractivity contribution in [3.8, 4) is 0 Å². The van der Waals surface area contributed by atoms with Crippen molar-refractivity contribution in [1.29, 1.82) is 0 Å². The summed E-state index contributed by atoms with van der Waals surface area (Å²) in [4.78, 5) is 0. The number of halogens is 3. The van der Waals surface area contributed by atoms with E-state index in [1.54, 1.807) is 12.1 Å². The molecule has 0 spiro atoms. The Morgan fingerprint density at radius 3 is 2.52 bits per heavy atom. The minimum atomic E-state index is -0.273. The number of rotatable bonds is 5. The van der Waals surface area contributed by atoms with E-state index in [2.05, 4.69) is 21.2 Å². The Bertz CT molecular complexity index is 608. The highest BCUT2D eigenvalue weighted by Crippen LogP contribution is 2.25. The van der Waals surface area contributed by atoms with Crippen LogP contribution in [0, 0.1) is 18.6 Å². The van der Waals surface area contributed by atoms with Crippen molar-refractivity contribution in [3.63, 3.8) is 0 Å². The van der Waals surface area contributed by atoms with E-state index in [0.717, 1.165) is 23.2 Å². The maximum absolute atomic E-state index is 13.5. The van der Waals surface area contributed by atoms with Gasteiger partial charge in [0.25, 0.3) is 0 Å². The Hall–Kier alpha value is -1.26. The summed E-state index contributed by atoms with van der Waals surface area (Å²) in [6.07, 6.45) is 0.606. The topological polar surface area (TPSA) is 12.0 Å². The second-order valence-corrected chi connectivity index (χ2v) is 6.01. The van der Waals surface area contributed by atoms with Gasteiger partial charge in [0.1, 0.15) is 11.6 Å². The third-order valence-electron chi connectivity index (χ3n) is 3.43. The van der Waals surface area contributed by atoms with Gasteiger partial charge in [0.15, 0.2) is 0 Å². The first-order chi connectivity index (χ1) is 9.99. The van der Waals surface area contributed by atoms with Crippen LogP contribution in [0.1, 0.15) is 29.7 Å². The van der Waals surface area contributed by atoms with E-state index < -0.39 is 0 Å². The van der Waals surface area contributed by atoms with Crippen LogP contribution in [0.2, 0.25) is 0 Å². The fraction of sp³-hybridized carbons (Fsp3) is 0.294. The largest absolute Gasteiger partial charge is 0.310 e. The quantitative estimate of drug-likeness (QED) is 0.803. The molecule has 0 bridgehead atoms. The molecule has 2 aromatic carbocycles. The van der Waals surface area contributed by atoms with Gasteiger partial charge in [-0.2, -0.15) is 0 Å². The smallest absolute Gasteiger partial charge is 0.124 e. The molecule has 21 heavy (non-hydrogen) atoms. The van der Waals surface area contributed by atoms with Crippen LogP contribution >= 0.6 is 15.9 Å². The second-order valence-electron chi connectivity index (χ2n) is 5.09. The predicted octanol–water partition coefficient (Wildman–Crippen LogP) is 4.93. The summed E-state index contributed by atoms with van der Waals surface area (Å²) < 4.78 is 27.7. The Morgan fingerprint density at radius 2 is 1.86 bits per heavy atom. The highest BCUT2D eigenvalue weighted by Gasteiger charge is 2.15. The first-order valence-electron chi connectivity index (χ1n) is 6.94. The first-order valence-corrected chi connectivity index (χ1v) is 7.73. The lowest BCUT2D eigenvalue weighted by Crippen LogP contribution is -2.24. The summed E-state index contributed by atoms with van der Waals surface area (Å²) >= 11 is 3.30. The minimum Gasteiger partial charge on any atom is -0.310 e. The van der Waals surface area contributed by atoms with Crippen molar-refractivity contribution in [3.05, 3.63) is 69.2 Å². The van der Waals surface area contributed by atoms with Gasteiger partial charge in [-0.25, -0.2) is 8.78 Å². The van der Waals surface area contributed by atoms with Crippen molar-refractivity contribution in [2.45, 2.75) is 26.3 Å². The Morgan fingerprint density at radius 1 is 1.10 bits per heavy atom. The fourth-order valence-electron chi connectivity index (χ4n) is 2.49. The van der Waals surface area contributed by atoms with Gasteiger partial charge >= 0.3 is 0 Å². The number of nitrogens with one attached hydrogen (secondary N) is 1. The van der Waals surface area contributed by atoms with Crippen LogP contribution in [-0.4, -0.2) is 6.54 Å². The minimum absolute atomic E-state index is 0.0422. The summed E-state index contributed by atoms with van der Waals surface area (Å²) in [6, 6.07) is 9.58. The van der Waals surface area contributed by atoms with Crippen molar-refractivity contribution in [1.82, 2.24) is 5.32 Å². The second kappa shape index (κ2) is 7.14. The summed E-state index contributed by atoms with van der Waals surface area (Å²) in [5, 5.41) is 3.35. The van der Waals surface area contributed by atoms with Crippen LogP contribution in [0.25, 0.3) is 0 Å². The molecule has 1 atom stereocenters. The molecule has 4 heteroatoms. The zero-order chi connectivity index (χ0) is 15.4. The van der Waals surface area contributed by atoms with Gasteiger partial charge in [-0.15, -0.1) is 0 Å². The summed E-state index contributed by atoms with van der Waals surface area (Å²) in [7, 11) is 0. The van der Waals surface area contributed by atoms with E-state index in [-0.39, 0.29) is 17.7 Å². The van der Waals surface area contributed by atoms with Gasteiger partial charge in [-0.05, 0) is 66.9 Å². The van der Waals surface area contributed by atoms with E-state index in [4.69, 9.17) is 0 Å². The third-order valence-corrected chi connectivity index (χ3v) is 3.89. The van der Waals surface area contributed by atoms with E-state index in [1.165, 1.54) is 18.2 Å². The number of hydrogen-bond acceptors (Lipinski definition) is 1. The Balaban J connectivity index is 2.32. The molecule has 0 aliphatic rings. The molecule has 1 unspecified atom stereocenters. The molecule has 1 nitrogen and oxygen atoms in total. The molecular formula is C17H18BrF2N. The van der Waals surface area contributed by atoms with Gasteiger partial charge in [-0.1, -0.05) is 28.9 Å². The van der Waals surface area contributed by atoms with Crippen LogP contribution in [0.5, 0.6) is 0 Å². The van der Waals surface area contributed by atoms with E-state index >= 15 is 0 Å². The van der Waals surface area contributed by atoms with Crippen molar-refractivity contribution in [2.75, 3.05) is 6.54 Å². The third kappa shape index (κ3) is 4.35. The van der Waals surface area contributed by atoms with Crippen LogP contribution in [0.4, 0.5) is 8.78 Å². The molecule has 0 heterocycles. The SMILES string of the molecule is CCNC(Cc1cc(F)cc(Br)c1)c1cc(F)ccc1C. The zero-order valence-corrected chi connectivity index (χ0v) is 13.7. The van der Waals surface area contributed by atoms with E-state index in [9.17, 15) is 8.78 Å². The fourth-order valence-corrected chi connectivity index (χ4v) is 3.00. The standard InChI is InChI=1S/C17H18BrF2N/c1-3-21-17(16-10-14(19)5-4-11(16)2)8-12-6-13(18)9-15(20)7-12/h4-7,9-10,17,21H,3,8H2,1-2H3. The molecule has 1 N–H and O–H groups in total. The molecule has 2 rings (SSSR count). The van der Waals surface area contributed by atoms with Crippen molar-refractivity contribution < 1.29 is 8.78 Å². The zero-order valence-electron chi connectivity index (χ0n) is 12.1. The van der Waals surface area contributed by atoms with Gasteiger partial charge < -0.3 is 5.32 Å². The lowest BCUT2D eigenvalue weighted by Gasteiger charge is -2.21. The van der Waals surface area contributed by atoms with Crippen molar-refractivity contribution >= 4 is 15.9 Å². The molecule has 0 amide bonds. The highest BCUT2D eigenvalue weighted by atomic mass is 79.9. The molecule has 0 saturated heterocycles. The van der Waals surface area contributed by atoms with Gasteiger partial charge in [-0.3, -0.25) is 0 Å². The molecule has 0 saturated carbocycles. The van der Waals surface area contributed by atoms with Crippen LogP contribution < -0.4 is 5.32 Å². The lowest BCUT2D eigenvalue weighted by molar-refractivity contribution is 0.537. The number of likely N-dealkylation sites (N-methyl/N-ethyl adjacent to an activating group) is 1. The van der Waals surface area contributed by atoms with Crippen LogP contribution in [0.3, 0.4) is 0 Å². The molecule has 0 aromatic heterocycles. The average Bonchev–Trinajstić information content (AvgIpc) is 2.40. The van der Waals surface area contributed by atoms with Gasteiger partial charge in [0, 0.05) is 10.5 Å². The molecule has 0 fully saturated rings. The summed E-state index contributed by atoms with van der Waals surface area (Å²) in [5.41, 5.74) is 2.81. The number of hydrogen-bond donors (Lipinski definition) is 1. The van der Waals surface area contributed by atoms with Crippen molar-refractivity contribution in [2.24, 2.45) is 0 Å². The van der Waals surface area contributed by atoms with E-state index in [1.807, 2.05) is 19.9 Å². The molecule has 0 aliphatic heterocycles. The normalized spacial score (nSPS) is 12.4. The Labute approximate surface area is 132 Å². The molecular weight excluding hydrogens is 336 g/mol. The predicted molar refractivity (Wildman–Crippen MR) is 85.4 cm³/mol. The number of aryl methyl sites for hydroxylation is 1. The Kier molecular flexibility index (Phi) is 5.48. The average molecular weight is 354 g/mol. The van der Waals surface area contributed by atoms with Gasteiger partial charge in [0.05, 0.1) is 0 Å². The van der Waals surface area contributed by atoms with E-state index in [0.29, 0.717) is 10.9 Å².